The van der Waals surface area contributed by atoms with E-state index in [4.69, 9.17) is 5.73 Å². The molecule has 0 fully saturated rings. The molecule has 5 nitrogen and oxygen atoms in total. The van der Waals surface area contributed by atoms with E-state index >= 15 is 0 Å². The van der Waals surface area contributed by atoms with E-state index in [1.54, 1.807) is 7.05 Å². The summed E-state index contributed by atoms with van der Waals surface area (Å²) in [4.78, 5) is 24.6. The molecule has 1 aromatic carbocycles. The number of urea groups is 1. The maximum Gasteiger partial charge on any atom is 0.322 e. The normalized spacial score (nSPS) is 11.7. The first kappa shape index (κ1) is 14.0. The molecule has 0 bridgehead atoms. The van der Waals surface area contributed by atoms with Crippen molar-refractivity contribution in [1.82, 2.24) is 5.32 Å². The van der Waals surface area contributed by atoms with Crippen LogP contribution in [0.2, 0.25) is 0 Å². The Morgan fingerprint density at radius 1 is 1.33 bits per heavy atom. The lowest BCUT2D eigenvalue weighted by Gasteiger charge is -2.21. The molecule has 0 aromatic heterocycles. The molecular formula is C13H19N3O2. The first-order chi connectivity index (χ1) is 8.56. The minimum atomic E-state index is -0.617. The molecular weight excluding hydrogens is 230 g/mol. The van der Waals surface area contributed by atoms with Gasteiger partial charge in [0.05, 0.1) is 0 Å². The van der Waals surface area contributed by atoms with E-state index < -0.39 is 11.9 Å². The number of carbonyl (C=O) groups is 2. The molecule has 0 saturated heterocycles. The van der Waals surface area contributed by atoms with Crippen molar-refractivity contribution in [2.45, 2.75) is 25.8 Å². The van der Waals surface area contributed by atoms with Crippen LogP contribution in [0.15, 0.2) is 30.3 Å². The van der Waals surface area contributed by atoms with Crippen molar-refractivity contribution in [2.24, 2.45) is 5.73 Å². The number of benzene rings is 1. The van der Waals surface area contributed by atoms with E-state index in [0.717, 1.165) is 12.1 Å². The van der Waals surface area contributed by atoms with Crippen molar-refractivity contribution in [2.75, 3.05) is 11.9 Å². The second-order valence-corrected chi connectivity index (χ2v) is 4.09. The topological polar surface area (TPSA) is 75.4 Å². The zero-order valence-corrected chi connectivity index (χ0v) is 10.7. The first-order valence-electron chi connectivity index (χ1n) is 5.94. The molecule has 3 amide bonds. The van der Waals surface area contributed by atoms with Gasteiger partial charge in [0, 0.05) is 12.7 Å². The van der Waals surface area contributed by atoms with E-state index in [2.05, 4.69) is 5.32 Å². The maximum absolute atomic E-state index is 11.9. The number of nitrogens with one attached hydrogen (secondary N) is 1. The number of nitrogens with two attached hydrogens (primary N) is 1. The molecule has 98 valence electrons. The fraction of sp³-hybridized carbons (Fsp3) is 0.385. The van der Waals surface area contributed by atoms with Crippen LogP contribution in [0.1, 0.15) is 19.8 Å². The van der Waals surface area contributed by atoms with Crippen molar-refractivity contribution in [3.63, 3.8) is 0 Å². The third-order valence-corrected chi connectivity index (χ3v) is 2.67. The first-order valence-corrected chi connectivity index (χ1v) is 5.94. The number of carbonyl (C=O) groups excluding carboxylic acids is 2. The molecule has 0 heterocycles. The largest absolute Gasteiger partial charge is 0.368 e. The number of nitrogens with zero attached hydrogens (tertiary/aromatic N) is 1. The molecule has 1 aromatic rings. The molecule has 1 rings (SSSR count). The van der Waals surface area contributed by atoms with Gasteiger partial charge in [-0.05, 0) is 18.6 Å². The van der Waals surface area contributed by atoms with Crippen molar-refractivity contribution in [3.8, 4) is 0 Å². The van der Waals surface area contributed by atoms with E-state index in [0.29, 0.717) is 6.42 Å². The molecule has 0 aliphatic heterocycles. The van der Waals surface area contributed by atoms with Crippen LogP contribution in [0, 0.1) is 0 Å². The molecule has 0 spiro atoms. The highest BCUT2D eigenvalue weighted by Crippen LogP contribution is 2.11. The van der Waals surface area contributed by atoms with Gasteiger partial charge in [-0.25, -0.2) is 4.79 Å². The smallest absolute Gasteiger partial charge is 0.322 e. The summed E-state index contributed by atoms with van der Waals surface area (Å²) in [5.41, 5.74) is 6.00. The number of rotatable bonds is 5. The summed E-state index contributed by atoms with van der Waals surface area (Å²) in [7, 11) is 1.65. The molecule has 0 saturated carbocycles. The van der Waals surface area contributed by atoms with Crippen LogP contribution in [-0.2, 0) is 4.79 Å². The van der Waals surface area contributed by atoms with Gasteiger partial charge in [-0.3, -0.25) is 9.69 Å². The molecule has 3 N–H and O–H groups in total. The van der Waals surface area contributed by atoms with Gasteiger partial charge < -0.3 is 11.1 Å². The predicted octanol–water partition coefficient (Wildman–Crippen LogP) is 1.49. The fourth-order valence-electron chi connectivity index (χ4n) is 1.59. The van der Waals surface area contributed by atoms with Gasteiger partial charge in [0.25, 0.3) is 0 Å². The average Bonchev–Trinajstić information content (AvgIpc) is 2.38. The Balaban J connectivity index is 2.67. The van der Waals surface area contributed by atoms with E-state index in [9.17, 15) is 9.59 Å². The predicted molar refractivity (Wildman–Crippen MR) is 71.3 cm³/mol. The molecule has 0 aliphatic rings. The molecule has 1 unspecified atom stereocenters. The van der Waals surface area contributed by atoms with Crippen LogP contribution < -0.4 is 16.0 Å². The lowest BCUT2D eigenvalue weighted by Crippen LogP contribution is -2.49. The second kappa shape index (κ2) is 6.64. The number of para-hydroxylation sites is 1. The number of primary amides is 1. The number of anilines is 1. The summed E-state index contributed by atoms with van der Waals surface area (Å²) in [5, 5.41) is 2.63. The van der Waals surface area contributed by atoms with Gasteiger partial charge in [0.15, 0.2) is 0 Å². The molecule has 18 heavy (non-hydrogen) atoms. The van der Waals surface area contributed by atoms with Crippen LogP contribution >= 0.6 is 0 Å². The highest BCUT2D eigenvalue weighted by atomic mass is 16.2. The highest BCUT2D eigenvalue weighted by molar-refractivity contribution is 5.94. The van der Waals surface area contributed by atoms with Crippen LogP contribution in [0.3, 0.4) is 0 Å². The molecule has 0 aliphatic carbocycles. The monoisotopic (exact) mass is 249 g/mol. The lowest BCUT2D eigenvalue weighted by molar-refractivity contribution is -0.119. The van der Waals surface area contributed by atoms with Crippen molar-refractivity contribution in [1.29, 1.82) is 0 Å². The lowest BCUT2D eigenvalue weighted by atomic mass is 10.1. The minimum Gasteiger partial charge on any atom is -0.368 e. The summed E-state index contributed by atoms with van der Waals surface area (Å²) in [6.07, 6.45) is 1.33. The molecule has 1 atom stereocenters. The number of amides is 3. The molecule has 5 heteroatoms. The fourth-order valence-corrected chi connectivity index (χ4v) is 1.59. The van der Waals surface area contributed by atoms with Crippen LogP contribution in [0.25, 0.3) is 0 Å². The zero-order valence-electron chi connectivity index (χ0n) is 10.7. The summed E-state index contributed by atoms with van der Waals surface area (Å²) >= 11 is 0. The van der Waals surface area contributed by atoms with Gasteiger partial charge in [-0.1, -0.05) is 31.5 Å². The Kier molecular flexibility index (Phi) is 5.17. The number of hydrogen-bond acceptors (Lipinski definition) is 2. The standard InChI is InChI=1S/C13H19N3O2/c1-3-7-11(12(14)17)15-13(18)16(2)10-8-5-4-6-9-10/h4-6,8-9,11H,3,7H2,1-2H3,(H2,14,17)(H,15,18). The van der Waals surface area contributed by atoms with Gasteiger partial charge in [-0.2, -0.15) is 0 Å². The van der Waals surface area contributed by atoms with Crippen LogP contribution in [-0.4, -0.2) is 25.0 Å². The van der Waals surface area contributed by atoms with Crippen molar-refractivity contribution < 1.29 is 9.59 Å². The third kappa shape index (κ3) is 3.76. The quantitative estimate of drug-likeness (QED) is 0.829. The Labute approximate surface area is 107 Å². The van der Waals surface area contributed by atoms with Crippen molar-refractivity contribution in [3.05, 3.63) is 30.3 Å². The third-order valence-electron chi connectivity index (χ3n) is 2.67. The minimum absolute atomic E-state index is 0.335. The zero-order chi connectivity index (χ0) is 13.5. The van der Waals surface area contributed by atoms with E-state index in [1.165, 1.54) is 4.90 Å². The van der Waals surface area contributed by atoms with Crippen LogP contribution in [0.5, 0.6) is 0 Å². The Morgan fingerprint density at radius 3 is 2.44 bits per heavy atom. The Bertz CT molecular complexity index is 406. The SMILES string of the molecule is CCCC(NC(=O)N(C)c1ccccc1)C(N)=O. The van der Waals surface area contributed by atoms with E-state index in [-0.39, 0.29) is 6.03 Å². The summed E-state index contributed by atoms with van der Waals surface area (Å²) < 4.78 is 0. The Morgan fingerprint density at radius 2 is 1.94 bits per heavy atom. The van der Waals surface area contributed by atoms with Gasteiger partial charge in [0.1, 0.15) is 6.04 Å². The second-order valence-electron chi connectivity index (χ2n) is 4.09. The maximum atomic E-state index is 11.9. The highest BCUT2D eigenvalue weighted by Gasteiger charge is 2.19. The van der Waals surface area contributed by atoms with Gasteiger partial charge in [-0.15, -0.1) is 0 Å². The van der Waals surface area contributed by atoms with E-state index in [1.807, 2.05) is 37.3 Å². The van der Waals surface area contributed by atoms with Gasteiger partial charge in [0.2, 0.25) is 5.91 Å². The Hall–Kier alpha value is -2.04. The van der Waals surface area contributed by atoms with Crippen LogP contribution in [0.4, 0.5) is 10.5 Å². The molecule has 0 radical (unpaired) electrons. The average molecular weight is 249 g/mol. The summed E-state index contributed by atoms with van der Waals surface area (Å²) in [6.45, 7) is 1.93. The number of hydrogen-bond donors (Lipinski definition) is 2. The summed E-state index contributed by atoms with van der Waals surface area (Å²) in [5.74, 6) is -0.508. The van der Waals surface area contributed by atoms with Crippen molar-refractivity contribution >= 4 is 17.6 Å². The summed E-state index contributed by atoms with van der Waals surface area (Å²) in [6, 6.07) is 8.25. The van der Waals surface area contributed by atoms with Gasteiger partial charge >= 0.3 is 6.03 Å².